The van der Waals surface area contributed by atoms with Crippen molar-refractivity contribution < 1.29 is 4.52 Å². The van der Waals surface area contributed by atoms with E-state index in [-0.39, 0.29) is 5.95 Å². The summed E-state index contributed by atoms with van der Waals surface area (Å²) in [5, 5.41) is 6.58. The Labute approximate surface area is 97.9 Å². The number of nitrogens with zero attached hydrogens (tertiary/aromatic N) is 5. The third-order valence-corrected chi connectivity index (χ3v) is 1.95. The number of nitrogens with one attached hydrogen (secondary N) is 1. The molecule has 90 valence electrons. The molecule has 0 atom stereocenters. The van der Waals surface area contributed by atoms with Crippen LogP contribution < -0.4 is 16.0 Å². The number of hydrogen-bond acceptors (Lipinski definition) is 8. The third kappa shape index (κ3) is 2.80. The molecule has 0 aliphatic heterocycles. The smallest absolute Gasteiger partial charge is 0.231 e. The highest BCUT2D eigenvalue weighted by Gasteiger charge is 2.06. The van der Waals surface area contributed by atoms with Crippen LogP contribution in [-0.4, -0.2) is 34.2 Å². The molecule has 0 bridgehead atoms. The minimum atomic E-state index is 0.170. The zero-order valence-electron chi connectivity index (χ0n) is 9.58. The van der Waals surface area contributed by atoms with E-state index in [2.05, 4.69) is 25.4 Å². The molecule has 17 heavy (non-hydrogen) atoms. The van der Waals surface area contributed by atoms with Crippen molar-refractivity contribution in [2.75, 3.05) is 30.0 Å². The van der Waals surface area contributed by atoms with Gasteiger partial charge in [0, 0.05) is 20.2 Å². The van der Waals surface area contributed by atoms with E-state index in [1.807, 2.05) is 14.1 Å². The van der Waals surface area contributed by atoms with E-state index in [1.54, 1.807) is 17.2 Å². The quantitative estimate of drug-likeness (QED) is 0.769. The fraction of sp³-hybridized carbons (Fsp3) is 0.333. The molecule has 0 aromatic carbocycles. The summed E-state index contributed by atoms with van der Waals surface area (Å²) in [6, 6.07) is 1.75. The molecule has 0 radical (unpaired) electrons. The maximum atomic E-state index is 5.58. The van der Waals surface area contributed by atoms with Gasteiger partial charge in [-0.05, 0) is 0 Å². The standard InChI is InChI=1S/C9H13N7O/c1-16(2)9-14-7(10)13-8(15-9)11-5-6-3-4-12-17-6/h3-4H,5H2,1-2H3,(H3,10,11,13,14,15). The van der Waals surface area contributed by atoms with Crippen LogP contribution in [0.15, 0.2) is 16.8 Å². The van der Waals surface area contributed by atoms with Crippen LogP contribution in [0.1, 0.15) is 5.76 Å². The van der Waals surface area contributed by atoms with Gasteiger partial charge in [0.05, 0.1) is 12.7 Å². The summed E-state index contributed by atoms with van der Waals surface area (Å²) in [6.45, 7) is 0.441. The Morgan fingerprint density at radius 3 is 2.82 bits per heavy atom. The molecule has 0 fully saturated rings. The third-order valence-electron chi connectivity index (χ3n) is 1.95. The first-order chi connectivity index (χ1) is 8.15. The maximum Gasteiger partial charge on any atom is 0.231 e. The van der Waals surface area contributed by atoms with Crippen molar-refractivity contribution >= 4 is 17.8 Å². The first-order valence-corrected chi connectivity index (χ1v) is 4.97. The summed E-state index contributed by atoms with van der Waals surface area (Å²) in [7, 11) is 3.66. The summed E-state index contributed by atoms with van der Waals surface area (Å²) in [5.41, 5.74) is 5.58. The van der Waals surface area contributed by atoms with Crippen LogP contribution in [0, 0.1) is 0 Å². The van der Waals surface area contributed by atoms with Crippen molar-refractivity contribution in [3.05, 3.63) is 18.0 Å². The van der Waals surface area contributed by atoms with Gasteiger partial charge in [0.2, 0.25) is 17.8 Å². The summed E-state index contributed by atoms with van der Waals surface area (Å²) < 4.78 is 4.94. The number of rotatable bonds is 4. The van der Waals surface area contributed by atoms with E-state index in [0.717, 1.165) is 0 Å². The topological polar surface area (TPSA) is 106 Å². The molecule has 3 N–H and O–H groups in total. The second kappa shape index (κ2) is 4.64. The molecule has 0 saturated carbocycles. The van der Waals surface area contributed by atoms with Gasteiger partial charge in [0.15, 0.2) is 5.76 Å². The lowest BCUT2D eigenvalue weighted by Gasteiger charge is -2.11. The Balaban J connectivity index is 2.10. The molecule has 2 aromatic heterocycles. The van der Waals surface area contributed by atoms with E-state index in [0.29, 0.717) is 24.2 Å². The fourth-order valence-electron chi connectivity index (χ4n) is 1.16. The highest BCUT2D eigenvalue weighted by atomic mass is 16.5. The number of anilines is 3. The predicted octanol–water partition coefficient (Wildman–Crippen LogP) is 0.120. The Hall–Kier alpha value is -2.38. The fourth-order valence-corrected chi connectivity index (χ4v) is 1.16. The highest BCUT2D eigenvalue weighted by Crippen LogP contribution is 2.10. The molecule has 0 aliphatic carbocycles. The first-order valence-electron chi connectivity index (χ1n) is 4.97. The summed E-state index contributed by atoms with van der Waals surface area (Å²) in [4.78, 5) is 13.9. The molecule has 8 heteroatoms. The van der Waals surface area contributed by atoms with Gasteiger partial charge in [-0.15, -0.1) is 0 Å². The van der Waals surface area contributed by atoms with Crippen molar-refractivity contribution in [1.82, 2.24) is 20.1 Å². The molecular weight excluding hydrogens is 222 g/mol. The lowest BCUT2D eigenvalue weighted by atomic mass is 10.4. The molecule has 2 aromatic rings. The summed E-state index contributed by atoms with van der Waals surface area (Å²) >= 11 is 0. The predicted molar refractivity (Wildman–Crippen MR) is 62.4 cm³/mol. The minimum absolute atomic E-state index is 0.170. The zero-order chi connectivity index (χ0) is 12.3. The van der Waals surface area contributed by atoms with E-state index < -0.39 is 0 Å². The molecule has 0 saturated heterocycles. The lowest BCUT2D eigenvalue weighted by molar-refractivity contribution is 0.388. The Morgan fingerprint density at radius 2 is 2.18 bits per heavy atom. The number of aromatic nitrogens is 4. The average Bonchev–Trinajstić information content (AvgIpc) is 2.78. The monoisotopic (exact) mass is 235 g/mol. The van der Waals surface area contributed by atoms with E-state index >= 15 is 0 Å². The van der Waals surface area contributed by atoms with Crippen LogP contribution in [-0.2, 0) is 6.54 Å². The van der Waals surface area contributed by atoms with E-state index in [1.165, 1.54) is 0 Å². The molecule has 0 aliphatic rings. The number of nitrogens with two attached hydrogens (primary N) is 1. The lowest BCUT2D eigenvalue weighted by Crippen LogP contribution is -2.16. The van der Waals surface area contributed by atoms with Gasteiger partial charge >= 0.3 is 0 Å². The minimum Gasteiger partial charge on any atom is -0.368 e. The normalized spacial score (nSPS) is 10.2. The average molecular weight is 235 g/mol. The molecule has 0 spiro atoms. The largest absolute Gasteiger partial charge is 0.368 e. The molecule has 0 amide bonds. The van der Waals surface area contributed by atoms with Crippen molar-refractivity contribution in [2.24, 2.45) is 0 Å². The van der Waals surface area contributed by atoms with Crippen LogP contribution in [0.3, 0.4) is 0 Å². The molecule has 2 heterocycles. The zero-order valence-corrected chi connectivity index (χ0v) is 9.58. The van der Waals surface area contributed by atoms with Crippen LogP contribution >= 0.6 is 0 Å². The first kappa shape index (κ1) is 11.1. The summed E-state index contributed by atoms with van der Waals surface area (Å²) in [5.74, 6) is 1.76. The molecule has 0 unspecified atom stereocenters. The van der Waals surface area contributed by atoms with Gasteiger partial charge < -0.3 is 20.5 Å². The summed E-state index contributed by atoms with van der Waals surface area (Å²) in [6.07, 6.45) is 1.57. The van der Waals surface area contributed by atoms with Crippen LogP contribution in [0.4, 0.5) is 17.8 Å². The van der Waals surface area contributed by atoms with Gasteiger partial charge in [0.25, 0.3) is 0 Å². The van der Waals surface area contributed by atoms with Crippen molar-refractivity contribution in [2.45, 2.75) is 6.54 Å². The van der Waals surface area contributed by atoms with Gasteiger partial charge in [-0.25, -0.2) is 0 Å². The van der Waals surface area contributed by atoms with Gasteiger partial charge in [-0.3, -0.25) is 0 Å². The van der Waals surface area contributed by atoms with Gasteiger partial charge in [0.1, 0.15) is 0 Å². The van der Waals surface area contributed by atoms with E-state index in [9.17, 15) is 0 Å². The number of nitrogen functional groups attached to an aromatic ring is 1. The second-order valence-electron chi connectivity index (χ2n) is 3.54. The van der Waals surface area contributed by atoms with Crippen molar-refractivity contribution in [1.29, 1.82) is 0 Å². The van der Waals surface area contributed by atoms with Crippen LogP contribution in [0.2, 0.25) is 0 Å². The van der Waals surface area contributed by atoms with Crippen LogP contribution in [0.25, 0.3) is 0 Å². The Bertz CT molecular complexity index is 482. The SMILES string of the molecule is CN(C)c1nc(N)nc(NCc2ccno2)n1. The van der Waals surface area contributed by atoms with Crippen molar-refractivity contribution in [3.8, 4) is 0 Å². The Morgan fingerprint density at radius 1 is 1.35 bits per heavy atom. The second-order valence-corrected chi connectivity index (χ2v) is 3.54. The highest BCUT2D eigenvalue weighted by molar-refractivity contribution is 5.40. The Kier molecular flexibility index (Phi) is 3.03. The molecule has 8 nitrogen and oxygen atoms in total. The molecular formula is C9H13N7O. The van der Waals surface area contributed by atoms with Gasteiger partial charge in [-0.1, -0.05) is 5.16 Å². The van der Waals surface area contributed by atoms with Gasteiger partial charge in [-0.2, -0.15) is 15.0 Å². The molecule has 2 rings (SSSR count). The van der Waals surface area contributed by atoms with E-state index in [4.69, 9.17) is 10.3 Å². The number of hydrogen-bond donors (Lipinski definition) is 2. The maximum absolute atomic E-state index is 5.58. The van der Waals surface area contributed by atoms with Crippen molar-refractivity contribution in [3.63, 3.8) is 0 Å². The van der Waals surface area contributed by atoms with Crippen LogP contribution in [0.5, 0.6) is 0 Å².